The summed E-state index contributed by atoms with van der Waals surface area (Å²) in [5, 5.41) is 41.8. The van der Waals surface area contributed by atoms with Crippen LogP contribution in [0, 0.1) is 5.92 Å². The van der Waals surface area contributed by atoms with Crippen LogP contribution in [0.15, 0.2) is 4.99 Å². The van der Waals surface area contributed by atoms with E-state index in [1.807, 2.05) is 0 Å². The first-order valence-electron chi connectivity index (χ1n) is 15.8. The third kappa shape index (κ3) is 18.5. The van der Waals surface area contributed by atoms with Gasteiger partial charge in [0.2, 0.25) is 35.4 Å². The van der Waals surface area contributed by atoms with Gasteiger partial charge in [0, 0.05) is 6.54 Å². The minimum atomic E-state index is -1.58. The number of carbonyl (C=O) groups is 7. The number of aliphatic hydroxyl groups is 2. The average Bonchev–Trinajstić information content (AvgIpc) is 3.06. The fraction of sp³-hybridized carbons (Fsp3) is 0.714. The summed E-state index contributed by atoms with van der Waals surface area (Å²) in [7, 11) is 0. The maximum atomic E-state index is 13.0. The van der Waals surface area contributed by atoms with Crippen LogP contribution in [0.4, 0.5) is 0 Å². The van der Waals surface area contributed by atoms with Gasteiger partial charge in [-0.2, -0.15) is 0 Å². The Morgan fingerprint density at radius 3 is 1.86 bits per heavy atom. The van der Waals surface area contributed by atoms with E-state index in [4.69, 9.17) is 33.1 Å². The molecule has 0 aliphatic rings. The van der Waals surface area contributed by atoms with E-state index in [1.165, 1.54) is 0 Å². The molecular formula is C28H53N11O10. The highest BCUT2D eigenvalue weighted by Gasteiger charge is 2.30. The Labute approximate surface area is 284 Å². The average molecular weight is 704 g/mol. The van der Waals surface area contributed by atoms with E-state index in [-0.39, 0.29) is 25.3 Å². The Bertz CT molecular complexity index is 1140. The van der Waals surface area contributed by atoms with Crippen LogP contribution in [0.2, 0.25) is 0 Å². The number of rotatable bonds is 25. The van der Waals surface area contributed by atoms with E-state index in [1.54, 1.807) is 13.8 Å². The zero-order chi connectivity index (χ0) is 37.5. The van der Waals surface area contributed by atoms with Crippen LogP contribution < -0.4 is 54.8 Å². The second-order valence-corrected chi connectivity index (χ2v) is 11.2. The number of carbonyl (C=O) groups excluding carboxylic acids is 6. The lowest BCUT2D eigenvalue weighted by atomic mass is 9.98. The van der Waals surface area contributed by atoms with Crippen molar-refractivity contribution in [1.29, 1.82) is 0 Å². The monoisotopic (exact) mass is 703 g/mol. The Balaban J connectivity index is 5.19. The molecule has 49 heavy (non-hydrogen) atoms. The minimum absolute atomic E-state index is 0.0508. The van der Waals surface area contributed by atoms with Crippen LogP contribution in [0.1, 0.15) is 52.4 Å². The smallest absolute Gasteiger partial charge is 0.328 e. The van der Waals surface area contributed by atoms with E-state index in [2.05, 4.69) is 36.9 Å². The predicted octanol–water partition coefficient (Wildman–Crippen LogP) is -6.22. The van der Waals surface area contributed by atoms with E-state index in [9.17, 15) is 38.7 Å². The number of carboxylic acids is 1. The summed E-state index contributed by atoms with van der Waals surface area (Å²) in [6, 6.07) is -6.38. The van der Waals surface area contributed by atoms with Crippen molar-refractivity contribution in [1.82, 2.24) is 31.9 Å². The molecule has 0 spiro atoms. The summed E-state index contributed by atoms with van der Waals surface area (Å²) < 4.78 is 0. The van der Waals surface area contributed by atoms with Gasteiger partial charge in [-0.05, 0) is 38.1 Å². The molecule has 0 fully saturated rings. The first kappa shape index (κ1) is 44.4. The van der Waals surface area contributed by atoms with Gasteiger partial charge >= 0.3 is 5.97 Å². The number of unbranched alkanes of at least 4 members (excludes halogenated alkanes) is 1. The lowest BCUT2D eigenvalue weighted by molar-refractivity contribution is -0.143. The van der Waals surface area contributed by atoms with Crippen molar-refractivity contribution in [2.75, 3.05) is 39.4 Å². The van der Waals surface area contributed by atoms with E-state index in [0.29, 0.717) is 32.2 Å². The zero-order valence-electron chi connectivity index (χ0n) is 27.9. The molecule has 21 heteroatoms. The molecule has 0 aromatic heterocycles. The molecule has 17 N–H and O–H groups in total. The number of nitrogens with two attached hydrogens (primary N) is 4. The van der Waals surface area contributed by atoms with Gasteiger partial charge in [-0.1, -0.05) is 26.7 Å². The number of nitrogens with one attached hydrogen (secondary N) is 6. The van der Waals surface area contributed by atoms with E-state index < -0.39 is 104 Å². The van der Waals surface area contributed by atoms with Crippen molar-refractivity contribution in [3.05, 3.63) is 0 Å². The molecule has 6 amide bonds. The standard InChI is InChI=1S/C28H53N11O10/c1-3-15(2)22(26(47)38-19(14-41)27(48)49)39-21(43)12-34-20(42)11-35-24(45)18(13-40)37-25(46)17(8-6-10-33-28(31)32)36-23(44)16(30)7-4-5-9-29/h15-19,22,40-41H,3-14,29-30H2,1-2H3,(H,34,42)(H,35,45)(H,36,44)(H,37,46)(H,38,47)(H,39,43)(H,48,49)(H4,31,32,33)/t15-,16-,17-,18-,19-,22-/m0/s1. The lowest BCUT2D eigenvalue weighted by Crippen LogP contribution is -2.57. The molecule has 0 heterocycles. The van der Waals surface area contributed by atoms with Crippen LogP contribution in [-0.2, 0) is 33.6 Å². The quantitative estimate of drug-likeness (QED) is 0.0239. The van der Waals surface area contributed by atoms with Gasteiger partial charge in [0.1, 0.15) is 24.2 Å². The SMILES string of the molecule is CC[C@H](C)[C@H](NC(=O)CNC(=O)CNC(=O)[C@H](CO)NC(=O)[C@H](CCCN=C(N)N)NC(=O)[C@@H](N)CCCCN)C(=O)N[C@@H](CO)C(=O)O. The zero-order valence-corrected chi connectivity index (χ0v) is 27.9. The van der Waals surface area contributed by atoms with Crippen molar-refractivity contribution >= 4 is 47.4 Å². The molecule has 0 saturated heterocycles. The summed E-state index contributed by atoms with van der Waals surface area (Å²) in [4.78, 5) is 90.6. The van der Waals surface area contributed by atoms with Crippen molar-refractivity contribution < 1.29 is 48.9 Å². The Morgan fingerprint density at radius 2 is 1.31 bits per heavy atom. The fourth-order valence-corrected chi connectivity index (χ4v) is 4.06. The van der Waals surface area contributed by atoms with Crippen molar-refractivity contribution in [3.63, 3.8) is 0 Å². The maximum absolute atomic E-state index is 13.0. The molecule has 0 aliphatic carbocycles. The highest BCUT2D eigenvalue weighted by Crippen LogP contribution is 2.08. The Kier molecular flexibility index (Phi) is 22.2. The van der Waals surface area contributed by atoms with Gasteiger partial charge in [0.25, 0.3) is 0 Å². The fourth-order valence-electron chi connectivity index (χ4n) is 4.06. The number of aliphatic imine (C=N–C) groups is 1. The second kappa shape index (κ2) is 24.5. The van der Waals surface area contributed by atoms with Crippen LogP contribution >= 0.6 is 0 Å². The first-order valence-corrected chi connectivity index (χ1v) is 15.8. The number of nitrogens with zero attached hydrogens (tertiary/aromatic N) is 1. The van der Waals surface area contributed by atoms with Crippen LogP contribution in [0.3, 0.4) is 0 Å². The molecule has 21 nitrogen and oxygen atoms in total. The molecule has 0 radical (unpaired) electrons. The van der Waals surface area contributed by atoms with Gasteiger partial charge < -0.3 is 70.2 Å². The number of carboxylic acid groups (broad SMARTS) is 1. The number of aliphatic carboxylic acids is 1. The third-order valence-corrected chi connectivity index (χ3v) is 7.18. The number of aliphatic hydroxyl groups excluding tert-OH is 2. The van der Waals surface area contributed by atoms with Crippen molar-refractivity contribution in [3.8, 4) is 0 Å². The van der Waals surface area contributed by atoms with Gasteiger partial charge in [-0.25, -0.2) is 4.79 Å². The summed E-state index contributed by atoms with van der Waals surface area (Å²) in [6.45, 7) is 0.912. The highest BCUT2D eigenvalue weighted by atomic mass is 16.4. The van der Waals surface area contributed by atoms with Crippen LogP contribution in [0.25, 0.3) is 0 Å². The molecule has 280 valence electrons. The number of hydrogen-bond acceptors (Lipinski definition) is 12. The molecule has 0 aromatic carbocycles. The largest absolute Gasteiger partial charge is 0.480 e. The van der Waals surface area contributed by atoms with Gasteiger partial charge in [-0.15, -0.1) is 0 Å². The first-order chi connectivity index (χ1) is 23.1. The second-order valence-electron chi connectivity index (χ2n) is 11.2. The molecule has 0 rings (SSSR count). The van der Waals surface area contributed by atoms with Gasteiger partial charge in [0.15, 0.2) is 5.96 Å². The van der Waals surface area contributed by atoms with Crippen molar-refractivity contribution in [2.24, 2.45) is 33.8 Å². The van der Waals surface area contributed by atoms with Crippen LogP contribution in [0.5, 0.6) is 0 Å². The van der Waals surface area contributed by atoms with Gasteiger partial charge in [-0.3, -0.25) is 33.8 Å². The topological polar surface area (TPSA) is 369 Å². The summed E-state index contributed by atoms with van der Waals surface area (Å²) in [6.07, 6.45) is 2.30. The molecule has 0 saturated carbocycles. The number of hydrogen-bond donors (Lipinski definition) is 13. The molecular weight excluding hydrogens is 650 g/mol. The summed E-state index contributed by atoms with van der Waals surface area (Å²) in [5.74, 6) is -6.96. The van der Waals surface area contributed by atoms with E-state index in [0.717, 1.165) is 0 Å². The maximum Gasteiger partial charge on any atom is 0.328 e. The van der Waals surface area contributed by atoms with E-state index >= 15 is 0 Å². The van der Waals surface area contributed by atoms with Crippen molar-refractivity contribution in [2.45, 2.75) is 82.6 Å². The van der Waals surface area contributed by atoms with Gasteiger partial charge in [0.05, 0.1) is 32.3 Å². The summed E-state index contributed by atoms with van der Waals surface area (Å²) in [5.41, 5.74) is 22.0. The number of amides is 6. The molecule has 0 bridgehead atoms. The number of guanidine groups is 1. The lowest BCUT2D eigenvalue weighted by Gasteiger charge is -2.25. The Morgan fingerprint density at radius 1 is 0.714 bits per heavy atom. The third-order valence-electron chi connectivity index (χ3n) is 7.18. The molecule has 0 unspecified atom stereocenters. The molecule has 6 atom stereocenters. The van der Waals surface area contributed by atoms with Crippen LogP contribution in [-0.4, -0.2) is 132 Å². The predicted molar refractivity (Wildman–Crippen MR) is 176 cm³/mol. The molecule has 0 aliphatic heterocycles. The summed E-state index contributed by atoms with van der Waals surface area (Å²) >= 11 is 0. The highest BCUT2D eigenvalue weighted by molar-refractivity contribution is 5.95. The minimum Gasteiger partial charge on any atom is -0.480 e. The Hall–Kier alpha value is -4.60. The normalized spacial score (nSPS) is 14.4. The molecule has 0 aromatic rings.